The van der Waals surface area contributed by atoms with Crippen molar-refractivity contribution >= 4 is 37.3 Å². The summed E-state index contributed by atoms with van der Waals surface area (Å²) in [6, 6.07) is 24.3. The molecule has 0 aliphatic heterocycles. The summed E-state index contributed by atoms with van der Waals surface area (Å²) in [5.74, 6) is 0.684. The van der Waals surface area contributed by atoms with Crippen LogP contribution in [0, 0.1) is 5.41 Å². The number of pyridine rings is 3. The van der Waals surface area contributed by atoms with Crippen LogP contribution in [0.25, 0.3) is 42.8 Å². The molecule has 264 valence electrons. The Kier molecular flexibility index (Phi) is 10.3. The zero-order valence-corrected chi connectivity index (χ0v) is 34.8. The number of benzene rings is 2. The number of hydrogen-bond acceptors (Lipinski definition) is 5. The van der Waals surface area contributed by atoms with Gasteiger partial charge >= 0.3 is 0 Å². The van der Waals surface area contributed by atoms with E-state index in [4.69, 9.17) is 19.9 Å². The summed E-state index contributed by atoms with van der Waals surface area (Å²) in [5.41, 5.74) is 8.88. The fourth-order valence-corrected chi connectivity index (χ4v) is 7.48. The molecular weight excluding hydrogens is 812 g/mol. The van der Waals surface area contributed by atoms with E-state index in [-0.39, 0.29) is 42.7 Å². The van der Waals surface area contributed by atoms with Crippen LogP contribution in [0.5, 0.6) is 0 Å². The number of hydrogen-bond donors (Lipinski definition) is 0. The van der Waals surface area contributed by atoms with E-state index in [1.807, 2.05) is 23.7 Å². The van der Waals surface area contributed by atoms with Crippen LogP contribution in [-0.2, 0) is 43.7 Å². The maximum atomic E-state index is 5.24. The van der Waals surface area contributed by atoms with E-state index in [1.165, 1.54) is 37.7 Å². The van der Waals surface area contributed by atoms with E-state index < -0.39 is 0 Å². The average molecular weight is 863 g/mol. The summed E-state index contributed by atoms with van der Waals surface area (Å²) in [4.78, 5) is 20.2. The van der Waals surface area contributed by atoms with Crippen LogP contribution in [0.4, 0.5) is 5.82 Å². The van der Waals surface area contributed by atoms with Crippen LogP contribution >= 0.6 is 11.3 Å². The third kappa shape index (κ3) is 8.38. The van der Waals surface area contributed by atoms with Gasteiger partial charge in [-0.25, -0.2) is 9.98 Å². The first-order valence-electron chi connectivity index (χ1n) is 17.4. The molecule has 0 aliphatic rings. The van der Waals surface area contributed by atoms with Gasteiger partial charge < -0.3 is 4.98 Å². The summed E-state index contributed by atoms with van der Waals surface area (Å²) >= 11 is 1.81. The second-order valence-electron chi connectivity index (χ2n) is 17.9. The van der Waals surface area contributed by atoms with Crippen molar-refractivity contribution in [3.8, 4) is 22.6 Å². The van der Waals surface area contributed by atoms with E-state index >= 15 is 0 Å². The van der Waals surface area contributed by atoms with Crippen LogP contribution in [0.2, 0.25) is 0 Å². The van der Waals surface area contributed by atoms with Crippen LogP contribution in [-0.4, -0.2) is 15.0 Å². The number of aromatic nitrogens is 3. The molecular formula is C44H51N4PtS-. The Morgan fingerprint density at radius 2 is 1.28 bits per heavy atom. The first kappa shape index (κ1) is 37.8. The zero-order chi connectivity index (χ0) is 35.5. The van der Waals surface area contributed by atoms with Crippen molar-refractivity contribution in [1.82, 2.24) is 15.0 Å². The number of thiophene rings is 1. The van der Waals surface area contributed by atoms with Crippen molar-refractivity contribution in [2.24, 2.45) is 10.4 Å². The van der Waals surface area contributed by atoms with Gasteiger partial charge in [-0.15, -0.1) is 40.7 Å². The Morgan fingerprint density at radius 3 is 1.94 bits per heavy atom. The average Bonchev–Trinajstić information content (AvgIpc) is 3.36. The number of nitrogens with zero attached hydrogens (tertiary/aromatic N) is 4. The van der Waals surface area contributed by atoms with Gasteiger partial charge in [-0.1, -0.05) is 101 Å². The summed E-state index contributed by atoms with van der Waals surface area (Å²) in [7, 11) is 0. The molecule has 0 N–H and O–H groups in total. The molecule has 0 amide bonds. The molecule has 0 spiro atoms. The fourth-order valence-electron chi connectivity index (χ4n) is 6.22. The summed E-state index contributed by atoms with van der Waals surface area (Å²) in [6.45, 7) is 27.1. The molecule has 50 heavy (non-hydrogen) atoms. The molecule has 0 fully saturated rings. The Labute approximate surface area is 317 Å². The molecule has 4 nitrogen and oxygen atoms in total. The van der Waals surface area contributed by atoms with Gasteiger partial charge in [0.15, 0.2) is 5.82 Å². The minimum absolute atomic E-state index is 0. The Hall–Kier alpha value is -3.40. The molecule has 6 heteroatoms. The predicted octanol–water partition coefficient (Wildman–Crippen LogP) is 12.0. The molecule has 0 saturated carbocycles. The van der Waals surface area contributed by atoms with E-state index in [9.17, 15) is 0 Å². The second kappa shape index (κ2) is 13.6. The van der Waals surface area contributed by atoms with Crippen molar-refractivity contribution in [2.45, 2.75) is 106 Å². The maximum absolute atomic E-state index is 5.24. The molecule has 0 bridgehead atoms. The molecule has 0 unspecified atom stereocenters. The molecule has 0 radical (unpaired) electrons. The third-order valence-electron chi connectivity index (χ3n) is 9.06. The van der Waals surface area contributed by atoms with Crippen LogP contribution < -0.4 is 5.36 Å². The van der Waals surface area contributed by atoms with Crippen LogP contribution in [0.3, 0.4) is 0 Å². The van der Waals surface area contributed by atoms with E-state index in [0.717, 1.165) is 39.1 Å². The van der Waals surface area contributed by atoms with Crippen LogP contribution in [0.15, 0.2) is 84.1 Å². The van der Waals surface area contributed by atoms with Crippen molar-refractivity contribution in [1.29, 1.82) is 0 Å². The van der Waals surface area contributed by atoms with Gasteiger partial charge in [-0.05, 0) is 86.2 Å². The molecule has 6 aromatic rings. The van der Waals surface area contributed by atoms with Crippen molar-refractivity contribution in [2.75, 3.05) is 0 Å². The minimum atomic E-state index is -0.104. The van der Waals surface area contributed by atoms with Crippen LogP contribution in [0.1, 0.15) is 105 Å². The van der Waals surface area contributed by atoms with Gasteiger partial charge in [0.05, 0.1) is 10.4 Å². The maximum Gasteiger partial charge on any atom is 0.151 e. The van der Waals surface area contributed by atoms with Crippen molar-refractivity contribution < 1.29 is 21.1 Å². The summed E-state index contributed by atoms with van der Waals surface area (Å²) in [6.07, 6.45) is 4.88. The fraction of sp³-hybridized carbons (Fsp3) is 0.386. The summed E-state index contributed by atoms with van der Waals surface area (Å²) < 4.78 is 2.45. The molecule has 4 aromatic heterocycles. The SMILES string of the molecule is CC(C)(C)Cc1ccc2c(c1)sc1c(-c3cc(C(C)(C)C)cc(/N=c4/cc(C(C)(C)C)cc(-c5cc(C(C)(C)C)ccn5)[cH-]4)n3)nccc12.[Pt]. The minimum Gasteiger partial charge on any atom is -0.305 e. The van der Waals surface area contributed by atoms with Gasteiger partial charge in [0.25, 0.3) is 0 Å². The second-order valence-corrected chi connectivity index (χ2v) is 18.9. The summed E-state index contributed by atoms with van der Waals surface area (Å²) in [5, 5.41) is 3.37. The molecule has 0 aliphatic carbocycles. The molecule has 0 atom stereocenters. The quantitative estimate of drug-likeness (QED) is 0.166. The topological polar surface area (TPSA) is 51.0 Å². The van der Waals surface area contributed by atoms with E-state index in [1.54, 1.807) is 0 Å². The van der Waals surface area contributed by atoms with Gasteiger partial charge in [0.1, 0.15) is 5.69 Å². The third-order valence-corrected chi connectivity index (χ3v) is 10.2. The van der Waals surface area contributed by atoms with E-state index in [2.05, 4.69) is 150 Å². The Morgan fingerprint density at radius 1 is 0.640 bits per heavy atom. The molecule has 0 saturated heterocycles. The smallest absolute Gasteiger partial charge is 0.151 e. The normalized spacial score (nSPS) is 13.2. The van der Waals surface area contributed by atoms with Crippen molar-refractivity contribution in [3.05, 3.63) is 107 Å². The first-order chi connectivity index (χ1) is 22.7. The van der Waals surface area contributed by atoms with Crippen molar-refractivity contribution in [3.63, 3.8) is 0 Å². The Balaban J connectivity index is 0.00000486. The number of rotatable bonds is 4. The Bertz CT molecular complexity index is 2250. The van der Waals surface area contributed by atoms with Gasteiger partial charge in [-0.3, -0.25) is 4.98 Å². The monoisotopic (exact) mass is 862 g/mol. The van der Waals surface area contributed by atoms with Gasteiger partial charge in [0.2, 0.25) is 0 Å². The standard InChI is InChI=1S/C44H51N4S.Pt/c1-41(2,3)26-27-13-14-33-34-16-18-46-39(40(34)49-37(33)19-27)36-24-31(44(10,11)12)25-38(48-36)47-32-21-28(20-30(22-32)43(7,8)9)35-23-29(15-17-45-35)42(4,5)6;/h13-25H,26H2,1-12H3;/q-1;/b47-32+;. The van der Waals surface area contributed by atoms with Gasteiger partial charge in [0, 0.05) is 48.9 Å². The molecule has 6 rings (SSSR count). The largest absolute Gasteiger partial charge is 0.305 e. The predicted molar refractivity (Wildman–Crippen MR) is 210 cm³/mol. The van der Waals surface area contributed by atoms with E-state index in [0.29, 0.717) is 5.82 Å². The molecule has 4 heterocycles. The zero-order valence-electron chi connectivity index (χ0n) is 31.7. The number of fused-ring (bicyclic) bond motifs is 3. The first-order valence-corrected chi connectivity index (χ1v) is 18.2. The molecule has 2 aromatic carbocycles. The van der Waals surface area contributed by atoms with Gasteiger partial charge in [-0.2, -0.15) is 0 Å².